The van der Waals surface area contributed by atoms with Crippen LogP contribution in [0.15, 0.2) is 46.1 Å². The second-order valence-electron chi connectivity index (χ2n) is 7.40. The smallest absolute Gasteiger partial charge is 0.306 e. The number of rotatable bonds is 4. The molecule has 0 atom stereocenters. The van der Waals surface area contributed by atoms with E-state index in [4.69, 9.17) is 0 Å². The van der Waals surface area contributed by atoms with Gasteiger partial charge in [-0.05, 0) is 43.2 Å². The van der Waals surface area contributed by atoms with Crippen LogP contribution < -0.4 is 5.69 Å². The molecule has 1 saturated heterocycles. The maximum Gasteiger partial charge on any atom is 0.323 e. The average Bonchev–Trinajstić information content (AvgIpc) is 3.04. The van der Waals surface area contributed by atoms with Gasteiger partial charge >= 0.3 is 5.69 Å². The zero-order valence-corrected chi connectivity index (χ0v) is 16.8. The second kappa shape index (κ2) is 7.20. The number of imidazole rings is 1. The number of aromatic amines is 2. The van der Waals surface area contributed by atoms with Crippen LogP contribution in [-0.4, -0.2) is 53.8 Å². The molecule has 1 aliphatic heterocycles. The Morgan fingerprint density at radius 1 is 0.929 bits per heavy atom. The van der Waals surface area contributed by atoms with Crippen molar-refractivity contribution in [1.82, 2.24) is 19.2 Å². The minimum Gasteiger partial charge on any atom is -0.306 e. The number of fused-ring (bicyclic) bond motifs is 1. The number of hydrogen-bond donors (Lipinski definition) is 2. The molecule has 0 saturated carbocycles. The van der Waals surface area contributed by atoms with E-state index in [-0.39, 0.29) is 10.6 Å². The van der Waals surface area contributed by atoms with Crippen molar-refractivity contribution in [3.8, 4) is 0 Å². The van der Waals surface area contributed by atoms with Crippen LogP contribution in [-0.2, 0) is 16.6 Å². The maximum absolute atomic E-state index is 13.0. The lowest BCUT2D eigenvalue weighted by Crippen LogP contribution is -2.48. The van der Waals surface area contributed by atoms with Gasteiger partial charge in [-0.2, -0.15) is 4.31 Å². The highest BCUT2D eigenvalue weighted by Gasteiger charge is 2.29. The van der Waals surface area contributed by atoms with E-state index >= 15 is 0 Å². The van der Waals surface area contributed by atoms with Gasteiger partial charge in [-0.25, -0.2) is 13.2 Å². The summed E-state index contributed by atoms with van der Waals surface area (Å²) in [5.41, 5.74) is 4.54. The molecule has 2 heterocycles. The summed E-state index contributed by atoms with van der Waals surface area (Å²) in [4.78, 5) is 19.1. The maximum atomic E-state index is 13.0. The van der Waals surface area contributed by atoms with Crippen LogP contribution in [0.4, 0.5) is 0 Å². The second-order valence-corrected chi connectivity index (χ2v) is 9.33. The van der Waals surface area contributed by atoms with Crippen molar-refractivity contribution in [2.75, 3.05) is 26.2 Å². The first-order valence-electron chi connectivity index (χ1n) is 9.33. The van der Waals surface area contributed by atoms with E-state index in [9.17, 15) is 13.2 Å². The molecule has 1 aliphatic rings. The number of nitrogens with one attached hydrogen (secondary N) is 2. The molecule has 3 aromatic rings. The van der Waals surface area contributed by atoms with Crippen molar-refractivity contribution in [1.29, 1.82) is 0 Å². The van der Waals surface area contributed by atoms with Gasteiger partial charge in [-0.15, -0.1) is 0 Å². The normalized spacial score (nSPS) is 16.6. The first-order valence-corrected chi connectivity index (χ1v) is 10.8. The third kappa shape index (κ3) is 3.63. The van der Waals surface area contributed by atoms with Gasteiger partial charge < -0.3 is 9.97 Å². The Labute approximate surface area is 164 Å². The minimum absolute atomic E-state index is 0.207. The third-order valence-corrected chi connectivity index (χ3v) is 7.25. The van der Waals surface area contributed by atoms with E-state index in [1.54, 1.807) is 12.1 Å². The number of nitrogens with zero attached hydrogens (tertiary/aromatic N) is 2. The summed E-state index contributed by atoms with van der Waals surface area (Å²) in [5, 5.41) is 0. The number of aromatic nitrogens is 2. The lowest BCUT2D eigenvalue weighted by atomic mass is 10.1. The number of H-pyrrole nitrogens is 2. The van der Waals surface area contributed by atoms with Crippen LogP contribution in [0.2, 0.25) is 0 Å². The van der Waals surface area contributed by atoms with E-state index < -0.39 is 10.0 Å². The van der Waals surface area contributed by atoms with Crippen molar-refractivity contribution in [2.24, 2.45) is 0 Å². The highest BCUT2D eigenvalue weighted by atomic mass is 32.2. The first kappa shape index (κ1) is 18.9. The average molecular weight is 401 g/mol. The third-order valence-electron chi connectivity index (χ3n) is 5.36. The zero-order valence-electron chi connectivity index (χ0n) is 16.0. The molecule has 0 amide bonds. The molecule has 28 heavy (non-hydrogen) atoms. The Hall–Kier alpha value is -2.42. The number of aryl methyl sites for hydroxylation is 2. The monoisotopic (exact) mass is 400 g/mol. The summed E-state index contributed by atoms with van der Waals surface area (Å²) in [6.45, 7) is 7.31. The van der Waals surface area contributed by atoms with Crippen LogP contribution in [0.25, 0.3) is 11.0 Å². The standard InChI is InChI=1S/C20H24N4O3S/c1-14-3-4-15(2)16(11-14)13-23-7-9-24(10-8-23)28(26,27)17-5-6-18-19(12-17)22-20(25)21-18/h3-6,11-12H,7-10,13H2,1-2H3,(H2,21,22,25). The summed E-state index contributed by atoms with van der Waals surface area (Å²) < 4.78 is 27.5. The Kier molecular flexibility index (Phi) is 4.86. The molecular weight excluding hydrogens is 376 g/mol. The quantitative estimate of drug-likeness (QED) is 0.701. The Bertz CT molecular complexity index is 1170. The highest BCUT2D eigenvalue weighted by Crippen LogP contribution is 2.22. The number of piperazine rings is 1. The van der Waals surface area contributed by atoms with Crippen molar-refractivity contribution in [2.45, 2.75) is 25.3 Å². The molecule has 0 radical (unpaired) electrons. The fourth-order valence-electron chi connectivity index (χ4n) is 3.66. The van der Waals surface area contributed by atoms with Gasteiger partial charge in [-0.1, -0.05) is 23.8 Å². The predicted molar refractivity (Wildman–Crippen MR) is 109 cm³/mol. The van der Waals surface area contributed by atoms with E-state index in [1.807, 2.05) is 0 Å². The van der Waals surface area contributed by atoms with Crippen molar-refractivity contribution in [3.05, 3.63) is 63.6 Å². The summed E-state index contributed by atoms with van der Waals surface area (Å²) >= 11 is 0. The molecule has 2 aromatic carbocycles. The summed E-state index contributed by atoms with van der Waals surface area (Å²) in [5.74, 6) is 0. The number of benzene rings is 2. The van der Waals surface area contributed by atoms with Crippen LogP contribution in [0.1, 0.15) is 16.7 Å². The van der Waals surface area contributed by atoms with E-state index in [1.165, 1.54) is 27.1 Å². The van der Waals surface area contributed by atoms with Gasteiger partial charge in [-0.3, -0.25) is 4.90 Å². The van der Waals surface area contributed by atoms with Gasteiger partial charge in [0.25, 0.3) is 0 Å². The van der Waals surface area contributed by atoms with Crippen LogP contribution in [0.3, 0.4) is 0 Å². The SMILES string of the molecule is Cc1ccc(C)c(CN2CCN(S(=O)(=O)c3ccc4[nH]c(=O)[nH]c4c3)CC2)c1. The van der Waals surface area contributed by atoms with Gasteiger partial charge in [0.05, 0.1) is 15.9 Å². The first-order chi connectivity index (χ1) is 13.3. The Morgan fingerprint density at radius 2 is 1.64 bits per heavy atom. The zero-order chi connectivity index (χ0) is 19.9. The topological polar surface area (TPSA) is 89.3 Å². The van der Waals surface area contributed by atoms with E-state index in [0.717, 1.165) is 6.54 Å². The van der Waals surface area contributed by atoms with Crippen molar-refractivity contribution < 1.29 is 8.42 Å². The molecule has 0 unspecified atom stereocenters. The largest absolute Gasteiger partial charge is 0.323 e. The molecule has 148 valence electrons. The molecule has 7 nitrogen and oxygen atoms in total. The van der Waals surface area contributed by atoms with Gasteiger partial charge in [0.15, 0.2) is 0 Å². The molecular formula is C20H24N4O3S. The van der Waals surface area contributed by atoms with Crippen molar-refractivity contribution in [3.63, 3.8) is 0 Å². The fraction of sp³-hybridized carbons (Fsp3) is 0.350. The molecule has 4 rings (SSSR count). The molecule has 8 heteroatoms. The predicted octanol–water partition coefficient (Wildman–Crippen LogP) is 1.98. The van der Waals surface area contributed by atoms with Gasteiger partial charge in [0.2, 0.25) is 10.0 Å². The summed E-state index contributed by atoms with van der Waals surface area (Å²) in [6, 6.07) is 11.1. The van der Waals surface area contributed by atoms with Gasteiger partial charge in [0.1, 0.15) is 0 Å². The molecule has 0 bridgehead atoms. The molecule has 1 aromatic heterocycles. The molecule has 0 spiro atoms. The van der Waals surface area contributed by atoms with E-state index in [2.05, 4.69) is 46.9 Å². The van der Waals surface area contributed by atoms with Crippen LogP contribution in [0, 0.1) is 13.8 Å². The Morgan fingerprint density at radius 3 is 2.39 bits per heavy atom. The van der Waals surface area contributed by atoms with Crippen LogP contribution in [0.5, 0.6) is 0 Å². The summed E-state index contributed by atoms with van der Waals surface area (Å²) in [7, 11) is -3.58. The minimum atomic E-state index is -3.58. The molecule has 1 fully saturated rings. The molecule has 2 N–H and O–H groups in total. The number of hydrogen-bond acceptors (Lipinski definition) is 4. The number of sulfonamides is 1. The summed E-state index contributed by atoms with van der Waals surface area (Å²) in [6.07, 6.45) is 0. The highest BCUT2D eigenvalue weighted by molar-refractivity contribution is 7.89. The van der Waals surface area contributed by atoms with Crippen LogP contribution >= 0.6 is 0 Å². The molecule has 0 aliphatic carbocycles. The van der Waals surface area contributed by atoms with Crippen molar-refractivity contribution >= 4 is 21.1 Å². The van der Waals surface area contributed by atoms with E-state index in [0.29, 0.717) is 37.2 Å². The lowest BCUT2D eigenvalue weighted by molar-refractivity contribution is 0.181. The Balaban J connectivity index is 1.47. The lowest BCUT2D eigenvalue weighted by Gasteiger charge is -2.34. The van der Waals surface area contributed by atoms with Gasteiger partial charge in [0, 0.05) is 32.7 Å². The fourth-order valence-corrected chi connectivity index (χ4v) is 5.11.